The molecule has 122 valence electrons. The molecule has 1 aromatic rings. The summed E-state index contributed by atoms with van der Waals surface area (Å²) in [6.45, 7) is 4.81. The molecule has 10 heteroatoms. The largest absolute Gasteiger partial charge is 0.443 e. The first-order chi connectivity index (χ1) is 9.90. The number of amides is 1. The molecule has 1 rings (SSSR count). The van der Waals surface area contributed by atoms with E-state index in [4.69, 9.17) is 4.74 Å². The normalized spacial score (nSPS) is 11.7. The SMILES string of the molecule is CC(C)(C)OC(=O)NNc1ccc(C(F)(F)F)cc1[N+](=O)[O-]. The van der Waals surface area contributed by atoms with E-state index in [-0.39, 0.29) is 5.69 Å². The second kappa shape index (κ2) is 6.08. The summed E-state index contributed by atoms with van der Waals surface area (Å²) in [7, 11) is 0. The molecule has 0 unspecified atom stereocenters. The summed E-state index contributed by atoms with van der Waals surface area (Å²) < 4.78 is 42.5. The Morgan fingerprint density at radius 3 is 2.32 bits per heavy atom. The molecule has 2 N–H and O–H groups in total. The summed E-state index contributed by atoms with van der Waals surface area (Å²) in [5.41, 5.74) is 1.09. The van der Waals surface area contributed by atoms with Gasteiger partial charge in [-0.2, -0.15) is 13.2 Å². The minimum Gasteiger partial charge on any atom is -0.443 e. The first-order valence-corrected chi connectivity index (χ1v) is 6.01. The Morgan fingerprint density at radius 2 is 1.86 bits per heavy atom. The maximum Gasteiger partial charge on any atom is 0.426 e. The van der Waals surface area contributed by atoms with Crippen molar-refractivity contribution >= 4 is 17.5 Å². The summed E-state index contributed by atoms with van der Waals surface area (Å²) in [6.07, 6.45) is -5.64. The Morgan fingerprint density at radius 1 is 1.27 bits per heavy atom. The zero-order valence-electron chi connectivity index (χ0n) is 11.9. The number of ether oxygens (including phenoxy) is 1. The minimum atomic E-state index is -4.71. The second-order valence-corrected chi connectivity index (χ2v) is 5.24. The number of anilines is 1. The van der Waals surface area contributed by atoms with Gasteiger partial charge in [0.25, 0.3) is 5.69 Å². The first-order valence-electron chi connectivity index (χ1n) is 6.01. The number of carbonyl (C=O) groups excluding carboxylic acids is 1. The van der Waals surface area contributed by atoms with Gasteiger partial charge in [-0.1, -0.05) is 0 Å². The van der Waals surface area contributed by atoms with Crippen molar-refractivity contribution in [3.05, 3.63) is 33.9 Å². The van der Waals surface area contributed by atoms with Gasteiger partial charge >= 0.3 is 12.3 Å². The Kier molecular flexibility index (Phi) is 4.84. The number of nitrogens with zero attached hydrogens (tertiary/aromatic N) is 1. The van der Waals surface area contributed by atoms with Gasteiger partial charge in [0.15, 0.2) is 0 Å². The fourth-order valence-corrected chi connectivity index (χ4v) is 1.39. The van der Waals surface area contributed by atoms with E-state index in [1.807, 2.05) is 5.43 Å². The van der Waals surface area contributed by atoms with E-state index in [2.05, 4.69) is 5.43 Å². The van der Waals surface area contributed by atoms with Gasteiger partial charge in [0.1, 0.15) is 11.3 Å². The predicted molar refractivity (Wildman–Crippen MR) is 71.1 cm³/mol. The lowest BCUT2D eigenvalue weighted by Crippen LogP contribution is -2.36. The summed E-state index contributed by atoms with van der Waals surface area (Å²) in [5, 5.41) is 10.8. The average Bonchev–Trinajstić information content (AvgIpc) is 2.32. The maximum absolute atomic E-state index is 12.5. The summed E-state index contributed by atoms with van der Waals surface area (Å²) >= 11 is 0. The highest BCUT2D eigenvalue weighted by Crippen LogP contribution is 2.34. The third-order valence-electron chi connectivity index (χ3n) is 2.22. The van der Waals surface area contributed by atoms with Crippen molar-refractivity contribution in [3.63, 3.8) is 0 Å². The lowest BCUT2D eigenvalue weighted by atomic mass is 10.1. The fourth-order valence-electron chi connectivity index (χ4n) is 1.39. The van der Waals surface area contributed by atoms with Gasteiger partial charge < -0.3 is 4.74 Å². The molecule has 0 radical (unpaired) electrons. The van der Waals surface area contributed by atoms with E-state index in [1.54, 1.807) is 20.8 Å². The van der Waals surface area contributed by atoms with Crippen LogP contribution in [0.5, 0.6) is 0 Å². The molecule has 0 heterocycles. The molecule has 0 aliphatic carbocycles. The number of rotatable bonds is 3. The molecule has 1 amide bonds. The van der Waals surface area contributed by atoms with Crippen LogP contribution in [0.1, 0.15) is 26.3 Å². The lowest BCUT2D eigenvalue weighted by Gasteiger charge is -2.20. The summed E-state index contributed by atoms with van der Waals surface area (Å²) in [6, 6.07) is 1.88. The van der Waals surface area contributed by atoms with Crippen LogP contribution in [-0.4, -0.2) is 16.6 Å². The van der Waals surface area contributed by atoms with Crippen LogP contribution in [0.2, 0.25) is 0 Å². The number of hydrogen-bond donors (Lipinski definition) is 2. The number of halogens is 3. The van der Waals surface area contributed by atoms with Crippen molar-refractivity contribution in [1.82, 2.24) is 5.43 Å². The van der Waals surface area contributed by atoms with Gasteiger partial charge in [0.2, 0.25) is 0 Å². The van der Waals surface area contributed by atoms with Crippen LogP contribution in [0.15, 0.2) is 18.2 Å². The third-order valence-corrected chi connectivity index (χ3v) is 2.22. The van der Waals surface area contributed by atoms with Crippen molar-refractivity contribution < 1.29 is 27.6 Å². The number of carbonyl (C=O) groups is 1. The van der Waals surface area contributed by atoms with Crippen molar-refractivity contribution in [2.75, 3.05) is 5.43 Å². The zero-order chi connectivity index (χ0) is 17.1. The zero-order valence-corrected chi connectivity index (χ0v) is 11.9. The van der Waals surface area contributed by atoms with Crippen LogP contribution < -0.4 is 10.9 Å². The van der Waals surface area contributed by atoms with E-state index in [0.717, 1.165) is 6.07 Å². The molecule has 0 saturated carbocycles. The molecule has 1 aromatic carbocycles. The second-order valence-electron chi connectivity index (χ2n) is 5.24. The topological polar surface area (TPSA) is 93.5 Å². The van der Waals surface area contributed by atoms with Gasteiger partial charge in [-0.25, -0.2) is 10.2 Å². The van der Waals surface area contributed by atoms with E-state index in [0.29, 0.717) is 12.1 Å². The van der Waals surface area contributed by atoms with Gasteiger partial charge in [-0.05, 0) is 32.9 Å². The number of nitro benzene ring substituents is 1. The standard InChI is InChI=1S/C12H14F3N3O4/c1-11(2,3)22-10(19)17-16-8-5-4-7(12(13,14)15)6-9(8)18(20)21/h4-6,16H,1-3H3,(H,17,19). The Hall–Kier alpha value is -2.52. The minimum absolute atomic E-state index is 0.302. The maximum atomic E-state index is 12.5. The number of nitrogens with one attached hydrogen (secondary N) is 2. The van der Waals surface area contributed by atoms with Crippen molar-refractivity contribution in [2.24, 2.45) is 0 Å². The predicted octanol–water partition coefficient (Wildman–Crippen LogP) is 3.47. The van der Waals surface area contributed by atoms with E-state index in [9.17, 15) is 28.1 Å². The molecular formula is C12H14F3N3O4. The van der Waals surface area contributed by atoms with E-state index < -0.39 is 34.0 Å². The molecule has 0 aromatic heterocycles. The highest BCUT2D eigenvalue weighted by Gasteiger charge is 2.33. The van der Waals surface area contributed by atoms with Gasteiger partial charge in [-0.15, -0.1) is 0 Å². The molecule has 0 bridgehead atoms. The Bertz CT molecular complexity index is 582. The van der Waals surface area contributed by atoms with Crippen LogP contribution in [0.4, 0.5) is 29.3 Å². The molecule has 0 atom stereocenters. The number of hydrogen-bond acceptors (Lipinski definition) is 5. The van der Waals surface area contributed by atoms with Crippen LogP contribution in [0.3, 0.4) is 0 Å². The summed E-state index contributed by atoms with van der Waals surface area (Å²) in [4.78, 5) is 21.2. The highest BCUT2D eigenvalue weighted by molar-refractivity contribution is 5.72. The van der Waals surface area contributed by atoms with Gasteiger partial charge in [-0.3, -0.25) is 15.5 Å². The van der Waals surface area contributed by atoms with Gasteiger partial charge in [0.05, 0.1) is 10.5 Å². The Labute approximate surface area is 123 Å². The lowest BCUT2D eigenvalue weighted by molar-refractivity contribution is -0.384. The number of hydrazine groups is 1. The smallest absolute Gasteiger partial charge is 0.426 e. The first kappa shape index (κ1) is 17.5. The summed E-state index contributed by atoms with van der Waals surface area (Å²) in [5.74, 6) is 0. The third kappa shape index (κ3) is 5.11. The number of benzene rings is 1. The molecular weight excluding hydrogens is 307 g/mol. The quantitative estimate of drug-likeness (QED) is 0.657. The van der Waals surface area contributed by atoms with Crippen LogP contribution >= 0.6 is 0 Å². The number of nitro groups is 1. The fraction of sp³-hybridized carbons (Fsp3) is 0.417. The Balaban J connectivity index is 2.92. The highest BCUT2D eigenvalue weighted by atomic mass is 19.4. The van der Waals surface area contributed by atoms with Crippen molar-refractivity contribution in [3.8, 4) is 0 Å². The van der Waals surface area contributed by atoms with Crippen LogP contribution in [0.25, 0.3) is 0 Å². The molecule has 22 heavy (non-hydrogen) atoms. The van der Waals surface area contributed by atoms with Crippen molar-refractivity contribution in [1.29, 1.82) is 0 Å². The van der Waals surface area contributed by atoms with Crippen LogP contribution in [0, 0.1) is 10.1 Å². The molecule has 7 nitrogen and oxygen atoms in total. The molecule has 0 spiro atoms. The van der Waals surface area contributed by atoms with Crippen LogP contribution in [-0.2, 0) is 10.9 Å². The molecule has 0 saturated heterocycles. The number of alkyl halides is 3. The average molecular weight is 321 g/mol. The molecule has 0 fully saturated rings. The van der Waals surface area contributed by atoms with E-state index in [1.165, 1.54) is 0 Å². The van der Waals surface area contributed by atoms with E-state index >= 15 is 0 Å². The van der Waals surface area contributed by atoms with Crippen molar-refractivity contribution in [2.45, 2.75) is 32.5 Å². The monoisotopic (exact) mass is 321 g/mol. The van der Waals surface area contributed by atoms with Gasteiger partial charge in [0, 0.05) is 6.07 Å². The molecule has 0 aliphatic rings. The molecule has 0 aliphatic heterocycles.